The normalized spacial score (nSPS) is 11.3. The molecule has 0 unspecified atom stereocenters. The Hall–Kier alpha value is -2.30. The third-order valence-corrected chi connectivity index (χ3v) is 3.14. The monoisotopic (exact) mass is 244 g/mol. The number of nitrogens with two attached hydrogens (primary N) is 1. The number of rotatable bonds is 1. The molecule has 0 aliphatic heterocycles. The van der Waals surface area contributed by atoms with Crippen LogP contribution >= 0.6 is 0 Å². The topological polar surface area (TPSA) is 48.8 Å². The van der Waals surface area contributed by atoms with Gasteiger partial charge in [-0.05, 0) is 18.2 Å². The second-order valence-electron chi connectivity index (χ2n) is 4.39. The van der Waals surface area contributed by atoms with Crippen molar-refractivity contribution in [3.05, 3.63) is 36.3 Å². The molecule has 0 spiro atoms. The third-order valence-electron chi connectivity index (χ3n) is 3.14. The maximum absolute atomic E-state index is 13.4. The minimum Gasteiger partial charge on any atom is -0.384 e. The van der Waals surface area contributed by atoms with Crippen molar-refractivity contribution in [2.45, 2.75) is 0 Å². The van der Waals surface area contributed by atoms with E-state index >= 15 is 0 Å². The van der Waals surface area contributed by atoms with E-state index < -0.39 is 0 Å². The molecule has 0 amide bonds. The molecular formula is C13H13FN4. The zero-order valence-electron chi connectivity index (χ0n) is 10.2. The Morgan fingerprint density at radius 2 is 2.00 bits per heavy atom. The Balaban J connectivity index is 2.32. The molecule has 18 heavy (non-hydrogen) atoms. The van der Waals surface area contributed by atoms with Gasteiger partial charge in [-0.2, -0.15) is 5.10 Å². The molecule has 0 aliphatic carbocycles. The van der Waals surface area contributed by atoms with Crippen LogP contribution in [0.3, 0.4) is 0 Å². The van der Waals surface area contributed by atoms with E-state index in [2.05, 4.69) is 5.10 Å². The molecule has 2 heterocycles. The fourth-order valence-electron chi connectivity index (χ4n) is 2.18. The van der Waals surface area contributed by atoms with Gasteiger partial charge in [0.2, 0.25) is 0 Å². The first-order chi connectivity index (χ1) is 8.56. The summed E-state index contributed by atoms with van der Waals surface area (Å²) in [5.41, 5.74) is 8.39. The number of nitrogens with zero attached hydrogens (tertiary/aromatic N) is 3. The van der Waals surface area contributed by atoms with Gasteiger partial charge in [-0.3, -0.25) is 4.68 Å². The first kappa shape index (κ1) is 10.8. The van der Waals surface area contributed by atoms with Crippen LogP contribution in [0.1, 0.15) is 0 Å². The zero-order chi connectivity index (χ0) is 12.9. The molecule has 2 N–H and O–H groups in total. The van der Waals surface area contributed by atoms with E-state index in [1.165, 1.54) is 12.1 Å². The summed E-state index contributed by atoms with van der Waals surface area (Å²) in [5.74, 6) is 0.331. The summed E-state index contributed by atoms with van der Waals surface area (Å²) >= 11 is 0. The van der Waals surface area contributed by atoms with Crippen molar-refractivity contribution in [2.75, 3.05) is 5.73 Å². The minimum atomic E-state index is -0.251. The van der Waals surface area contributed by atoms with Crippen LogP contribution in [-0.4, -0.2) is 14.3 Å². The molecule has 3 rings (SSSR count). The van der Waals surface area contributed by atoms with Crippen LogP contribution in [0.25, 0.3) is 22.2 Å². The van der Waals surface area contributed by atoms with Crippen molar-refractivity contribution < 1.29 is 4.39 Å². The van der Waals surface area contributed by atoms with Crippen molar-refractivity contribution in [3.63, 3.8) is 0 Å². The Kier molecular flexibility index (Phi) is 2.16. The molecule has 0 atom stereocenters. The van der Waals surface area contributed by atoms with Crippen molar-refractivity contribution >= 4 is 16.7 Å². The number of aromatic nitrogens is 3. The first-order valence-corrected chi connectivity index (χ1v) is 5.61. The highest BCUT2D eigenvalue weighted by Gasteiger charge is 2.12. The molecule has 4 nitrogen and oxygen atoms in total. The summed E-state index contributed by atoms with van der Waals surface area (Å²) in [6.07, 6.45) is 1.94. The van der Waals surface area contributed by atoms with Crippen LogP contribution in [0.15, 0.2) is 30.5 Å². The molecule has 1 aromatic carbocycles. The molecule has 0 saturated carbocycles. The Bertz CT molecular complexity index is 719. The van der Waals surface area contributed by atoms with Crippen molar-refractivity contribution in [1.29, 1.82) is 0 Å². The number of nitrogen functional groups attached to an aromatic ring is 1. The summed E-state index contributed by atoms with van der Waals surface area (Å²) in [5, 5.41) is 5.17. The number of hydrogen-bond donors (Lipinski definition) is 1. The summed E-state index contributed by atoms with van der Waals surface area (Å²) in [6, 6.07) is 6.54. The molecule has 92 valence electrons. The van der Waals surface area contributed by atoms with E-state index in [4.69, 9.17) is 5.73 Å². The molecule has 0 radical (unpaired) electrons. The van der Waals surface area contributed by atoms with E-state index in [9.17, 15) is 4.39 Å². The zero-order valence-corrected chi connectivity index (χ0v) is 10.2. The van der Waals surface area contributed by atoms with E-state index in [-0.39, 0.29) is 5.82 Å². The van der Waals surface area contributed by atoms with Gasteiger partial charge in [0.25, 0.3) is 0 Å². The number of hydrogen-bond acceptors (Lipinski definition) is 2. The lowest BCUT2D eigenvalue weighted by Gasteiger charge is -1.95. The van der Waals surface area contributed by atoms with Gasteiger partial charge in [-0.15, -0.1) is 0 Å². The van der Waals surface area contributed by atoms with E-state index in [0.29, 0.717) is 5.82 Å². The average Bonchev–Trinajstić information content (AvgIpc) is 2.81. The van der Waals surface area contributed by atoms with Gasteiger partial charge < -0.3 is 10.3 Å². The molecule has 0 saturated heterocycles. The second kappa shape index (κ2) is 3.60. The standard InChI is InChI=1S/C13H13FN4/c1-17-7-10(11-6-13(15)18(2)16-11)9-5-8(14)3-4-12(9)17/h3-7H,15H2,1-2H3. The molecular weight excluding hydrogens is 231 g/mol. The highest BCUT2D eigenvalue weighted by Crippen LogP contribution is 2.30. The summed E-state index contributed by atoms with van der Waals surface area (Å²) in [6.45, 7) is 0. The number of fused-ring (bicyclic) bond motifs is 1. The van der Waals surface area contributed by atoms with E-state index in [1.807, 2.05) is 17.8 Å². The van der Waals surface area contributed by atoms with Gasteiger partial charge in [0.1, 0.15) is 11.6 Å². The SMILES string of the molecule is Cn1nc(-c2cn(C)c3ccc(F)cc23)cc1N. The number of aryl methyl sites for hydroxylation is 2. The fraction of sp³-hybridized carbons (Fsp3) is 0.154. The maximum atomic E-state index is 13.4. The Labute approximate surface area is 103 Å². The number of benzene rings is 1. The van der Waals surface area contributed by atoms with Crippen LogP contribution in [0.4, 0.5) is 10.2 Å². The highest BCUT2D eigenvalue weighted by atomic mass is 19.1. The van der Waals surface area contributed by atoms with Crippen LogP contribution in [0, 0.1) is 5.82 Å². The van der Waals surface area contributed by atoms with Gasteiger partial charge in [0.05, 0.1) is 5.69 Å². The lowest BCUT2D eigenvalue weighted by molar-refractivity contribution is 0.629. The molecule has 5 heteroatoms. The molecule has 0 aliphatic rings. The van der Waals surface area contributed by atoms with Gasteiger partial charge in [-0.1, -0.05) is 0 Å². The van der Waals surface area contributed by atoms with Crippen LogP contribution in [0.5, 0.6) is 0 Å². The van der Waals surface area contributed by atoms with Gasteiger partial charge in [0.15, 0.2) is 0 Å². The largest absolute Gasteiger partial charge is 0.384 e. The van der Waals surface area contributed by atoms with E-state index in [0.717, 1.165) is 22.2 Å². The molecule has 0 fully saturated rings. The predicted octanol–water partition coefficient (Wildman–Crippen LogP) is 2.30. The second-order valence-corrected chi connectivity index (χ2v) is 4.39. The molecule has 0 bridgehead atoms. The lowest BCUT2D eigenvalue weighted by Crippen LogP contribution is -1.96. The quantitative estimate of drug-likeness (QED) is 0.714. The summed E-state index contributed by atoms with van der Waals surface area (Å²) in [7, 11) is 3.71. The lowest BCUT2D eigenvalue weighted by atomic mass is 10.1. The number of halogens is 1. The highest BCUT2D eigenvalue weighted by molar-refractivity contribution is 5.95. The smallest absolute Gasteiger partial charge is 0.123 e. The minimum absolute atomic E-state index is 0.251. The third kappa shape index (κ3) is 1.48. The Morgan fingerprint density at radius 1 is 1.22 bits per heavy atom. The molecule has 3 aromatic rings. The van der Waals surface area contributed by atoms with E-state index in [1.54, 1.807) is 23.9 Å². The van der Waals surface area contributed by atoms with Crippen molar-refractivity contribution in [3.8, 4) is 11.3 Å². The fourth-order valence-corrected chi connectivity index (χ4v) is 2.18. The van der Waals surface area contributed by atoms with Gasteiger partial charge >= 0.3 is 0 Å². The van der Waals surface area contributed by atoms with Crippen LogP contribution in [-0.2, 0) is 14.1 Å². The average molecular weight is 244 g/mol. The Morgan fingerprint density at radius 3 is 2.67 bits per heavy atom. The first-order valence-electron chi connectivity index (χ1n) is 5.61. The van der Waals surface area contributed by atoms with Gasteiger partial charge in [-0.25, -0.2) is 4.39 Å². The molecule has 2 aromatic heterocycles. The predicted molar refractivity (Wildman–Crippen MR) is 69.5 cm³/mol. The van der Waals surface area contributed by atoms with Crippen molar-refractivity contribution in [2.24, 2.45) is 14.1 Å². The van der Waals surface area contributed by atoms with Crippen molar-refractivity contribution in [1.82, 2.24) is 14.3 Å². The van der Waals surface area contributed by atoms with Crippen LogP contribution in [0.2, 0.25) is 0 Å². The van der Waals surface area contributed by atoms with Gasteiger partial charge in [0, 0.05) is 42.8 Å². The maximum Gasteiger partial charge on any atom is 0.123 e. The number of anilines is 1. The summed E-state index contributed by atoms with van der Waals surface area (Å²) < 4.78 is 16.9. The van der Waals surface area contributed by atoms with Crippen LogP contribution < -0.4 is 5.73 Å². The summed E-state index contributed by atoms with van der Waals surface area (Å²) in [4.78, 5) is 0.